The number of carbonyl (C=O) groups is 2. The zero-order chi connectivity index (χ0) is 25.8. The van der Waals surface area contributed by atoms with E-state index in [0.717, 1.165) is 28.5 Å². The molecule has 3 aromatic carbocycles. The molecular weight excluding hydrogens is 464 g/mol. The van der Waals surface area contributed by atoms with Crippen LogP contribution in [-0.2, 0) is 4.79 Å². The van der Waals surface area contributed by atoms with Crippen LogP contribution in [0.2, 0.25) is 0 Å². The summed E-state index contributed by atoms with van der Waals surface area (Å²) in [4.78, 5) is 28.7. The van der Waals surface area contributed by atoms with Gasteiger partial charge in [-0.3, -0.25) is 9.59 Å². The number of benzene rings is 3. The molecule has 1 aromatic heterocycles. The van der Waals surface area contributed by atoms with Gasteiger partial charge in [-0.1, -0.05) is 67.6 Å². The molecule has 0 bridgehead atoms. The van der Waals surface area contributed by atoms with Crippen molar-refractivity contribution < 1.29 is 18.7 Å². The number of nitrogens with zero attached hydrogens (tertiary/aromatic N) is 1. The van der Waals surface area contributed by atoms with E-state index in [-0.39, 0.29) is 23.8 Å². The van der Waals surface area contributed by atoms with Gasteiger partial charge in [0.25, 0.3) is 5.91 Å². The van der Waals surface area contributed by atoms with Crippen molar-refractivity contribution in [3.63, 3.8) is 0 Å². The maximum Gasteiger partial charge on any atom is 0.287 e. The summed E-state index contributed by atoms with van der Waals surface area (Å²) in [6.45, 7) is 3.29. The molecule has 4 aromatic rings. The molecule has 1 saturated heterocycles. The molecule has 1 atom stereocenters. The highest BCUT2D eigenvalue weighted by molar-refractivity contribution is 6.08. The van der Waals surface area contributed by atoms with Crippen LogP contribution >= 0.6 is 0 Å². The number of hydrogen-bond acceptors (Lipinski definition) is 4. The molecule has 6 nitrogen and oxygen atoms in total. The van der Waals surface area contributed by atoms with Crippen LogP contribution in [0.15, 0.2) is 83.3 Å². The quantitative estimate of drug-likeness (QED) is 0.339. The second kappa shape index (κ2) is 10.9. The number of methoxy groups -OCH3 is 1. The lowest BCUT2D eigenvalue weighted by Crippen LogP contribution is -2.47. The highest BCUT2D eigenvalue weighted by Crippen LogP contribution is 2.36. The van der Waals surface area contributed by atoms with Crippen LogP contribution in [0.3, 0.4) is 0 Å². The fourth-order valence-electron chi connectivity index (χ4n) is 5.21. The number of piperidine rings is 1. The first kappa shape index (κ1) is 24.6. The zero-order valence-corrected chi connectivity index (χ0v) is 21.3. The van der Waals surface area contributed by atoms with Gasteiger partial charge in [-0.05, 0) is 42.5 Å². The first-order valence-electron chi connectivity index (χ1n) is 12.9. The Hall–Kier alpha value is -4.06. The molecule has 0 spiro atoms. The number of amides is 2. The first-order valence-corrected chi connectivity index (χ1v) is 12.9. The third kappa shape index (κ3) is 5.10. The molecule has 2 heterocycles. The van der Waals surface area contributed by atoms with E-state index < -0.39 is 0 Å². The number of carbonyl (C=O) groups excluding carboxylic acids is 2. The van der Waals surface area contributed by atoms with Crippen LogP contribution in [0, 0.1) is 0 Å². The molecule has 1 N–H and O–H groups in total. The largest absolute Gasteiger partial charge is 0.497 e. The van der Waals surface area contributed by atoms with Gasteiger partial charge < -0.3 is 19.4 Å². The van der Waals surface area contributed by atoms with Gasteiger partial charge >= 0.3 is 0 Å². The van der Waals surface area contributed by atoms with Crippen LogP contribution in [0.1, 0.15) is 48.2 Å². The second-order valence-electron chi connectivity index (χ2n) is 9.48. The normalized spacial score (nSPS) is 14.9. The SMILES string of the molecule is CCC(C(=O)N1CCC(NC(=O)c2oc3cc(OC)ccc3c2-c2ccccc2)CC1)c1ccccc1. The van der Waals surface area contributed by atoms with Crippen molar-refractivity contribution >= 4 is 22.8 Å². The Kier molecular flexibility index (Phi) is 7.26. The second-order valence-corrected chi connectivity index (χ2v) is 9.48. The molecule has 0 aliphatic carbocycles. The summed E-state index contributed by atoms with van der Waals surface area (Å²) < 4.78 is 11.4. The average molecular weight is 497 g/mol. The van der Waals surface area contributed by atoms with Crippen molar-refractivity contribution in [3.8, 4) is 16.9 Å². The van der Waals surface area contributed by atoms with Crippen LogP contribution in [-0.4, -0.2) is 43.0 Å². The van der Waals surface area contributed by atoms with E-state index in [1.54, 1.807) is 13.2 Å². The molecule has 1 unspecified atom stereocenters. The van der Waals surface area contributed by atoms with Crippen molar-refractivity contribution in [2.24, 2.45) is 0 Å². The predicted octanol–water partition coefficient (Wildman–Crippen LogP) is 6.02. The smallest absolute Gasteiger partial charge is 0.287 e. The van der Waals surface area contributed by atoms with Gasteiger partial charge in [0.2, 0.25) is 11.7 Å². The fraction of sp³-hybridized carbons (Fsp3) is 0.290. The van der Waals surface area contributed by atoms with E-state index in [0.29, 0.717) is 43.0 Å². The van der Waals surface area contributed by atoms with E-state index in [1.165, 1.54) is 0 Å². The Balaban J connectivity index is 1.31. The lowest BCUT2D eigenvalue weighted by molar-refractivity contribution is -0.134. The zero-order valence-electron chi connectivity index (χ0n) is 21.3. The molecular formula is C31H32N2O4. The Morgan fingerprint density at radius 1 is 1.00 bits per heavy atom. The lowest BCUT2D eigenvalue weighted by atomic mass is 9.93. The molecule has 190 valence electrons. The summed E-state index contributed by atoms with van der Waals surface area (Å²) in [5, 5.41) is 4.03. The molecule has 1 fully saturated rings. The average Bonchev–Trinajstić information content (AvgIpc) is 3.34. The first-order chi connectivity index (χ1) is 18.1. The van der Waals surface area contributed by atoms with Gasteiger partial charge in [-0.2, -0.15) is 0 Å². The summed E-state index contributed by atoms with van der Waals surface area (Å²) in [5.41, 5.74) is 3.36. The molecule has 1 aliphatic rings. The lowest BCUT2D eigenvalue weighted by Gasteiger charge is -2.34. The number of ether oxygens (including phenoxy) is 1. The maximum atomic E-state index is 13.5. The highest BCUT2D eigenvalue weighted by Gasteiger charge is 2.30. The van der Waals surface area contributed by atoms with Crippen LogP contribution in [0.25, 0.3) is 22.1 Å². The van der Waals surface area contributed by atoms with E-state index in [2.05, 4.69) is 12.2 Å². The van der Waals surface area contributed by atoms with Gasteiger partial charge in [0, 0.05) is 36.1 Å². The van der Waals surface area contributed by atoms with Crippen LogP contribution in [0.4, 0.5) is 0 Å². The molecule has 37 heavy (non-hydrogen) atoms. The predicted molar refractivity (Wildman–Crippen MR) is 145 cm³/mol. The third-order valence-electron chi connectivity index (χ3n) is 7.22. The number of furan rings is 1. The number of likely N-dealkylation sites (tertiary alicyclic amines) is 1. The molecule has 0 radical (unpaired) electrons. The Bertz CT molecular complexity index is 1370. The summed E-state index contributed by atoms with van der Waals surface area (Å²) in [6, 6.07) is 25.3. The summed E-state index contributed by atoms with van der Waals surface area (Å²) >= 11 is 0. The molecule has 0 saturated carbocycles. The van der Waals surface area contributed by atoms with E-state index in [4.69, 9.17) is 9.15 Å². The van der Waals surface area contributed by atoms with Gasteiger partial charge in [0.1, 0.15) is 11.3 Å². The number of rotatable bonds is 7. The van der Waals surface area contributed by atoms with Gasteiger partial charge in [0.15, 0.2) is 0 Å². The Morgan fingerprint density at radius 2 is 1.68 bits per heavy atom. The summed E-state index contributed by atoms with van der Waals surface area (Å²) in [5.74, 6) is 0.757. The fourth-order valence-corrected chi connectivity index (χ4v) is 5.21. The van der Waals surface area contributed by atoms with Crippen LogP contribution < -0.4 is 10.1 Å². The van der Waals surface area contributed by atoms with Crippen molar-refractivity contribution in [1.29, 1.82) is 0 Å². The minimum Gasteiger partial charge on any atom is -0.497 e. The van der Waals surface area contributed by atoms with Crippen molar-refractivity contribution in [2.45, 2.75) is 38.1 Å². The molecule has 5 rings (SSSR count). The number of fused-ring (bicyclic) bond motifs is 1. The molecule has 6 heteroatoms. The standard InChI is InChI=1S/C31H32N2O4/c1-3-25(21-10-6-4-7-11-21)31(35)33-18-16-23(17-19-33)32-30(34)29-28(22-12-8-5-9-13-22)26-15-14-24(36-2)20-27(26)37-29/h4-15,20,23,25H,3,16-19H2,1-2H3,(H,32,34). The highest BCUT2D eigenvalue weighted by atomic mass is 16.5. The molecule has 1 aliphatic heterocycles. The van der Waals surface area contributed by atoms with Crippen molar-refractivity contribution in [1.82, 2.24) is 10.2 Å². The minimum absolute atomic E-state index is 0.0280. The minimum atomic E-state index is -0.241. The summed E-state index contributed by atoms with van der Waals surface area (Å²) in [6.07, 6.45) is 2.17. The van der Waals surface area contributed by atoms with Gasteiger partial charge in [-0.25, -0.2) is 0 Å². The number of hydrogen-bond donors (Lipinski definition) is 1. The maximum absolute atomic E-state index is 13.5. The van der Waals surface area contributed by atoms with E-state index >= 15 is 0 Å². The Morgan fingerprint density at radius 3 is 2.32 bits per heavy atom. The van der Waals surface area contributed by atoms with Crippen LogP contribution in [0.5, 0.6) is 5.75 Å². The van der Waals surface area contributed by atoms with Gasteiger partial charge in [-0.15, -0.1) is 0 Å². The van der Waals surface area contributed by atoms with E-state index in [1.807, 2.05) is 77.7 Å². The third-order valence-corrected chi connectivity index (χ3v) is 7.22. The monoisotopic (exact) mass is 496 g/mol. The van der Waals surface area contributed by atoms with E-state index in [9.17, 15) is 9.59 Å². The van der Waals surface area contributed by atoms with Gasteiger partial charge in [0.05, 0.1) is 13.0 Å². The van der Waals surface area contributed by atoms with Crippen molar-refractivity contribution in [2.75, 3.05) is 20.2 Å². The number of nitrogens with one attached hydrogen (secondary N) is 1. The Labute approximate surface area is 217 Å². The summed E-state index contributed by atoms with van der Waals surface area (Å²) in [7, 11) is 1.61. The van der Waals surface area contributed by atoms with Crippen molar-refractivity contribution in [3.05, 3.63) is 90.2 Å². The topological polar surface area (TPSA) is 71.8 Å². The molecule has 2 amide bonds.